The van der Waals surface area contributed by atoms with Crippen LogP contribution in [0, 0.1) is 11.3 Å². The Labute approximate surface area is 149 Å². The van der Waals surface area contributed by atoms with Gasteiger partial charge in [-0.05, 0) is 18.2 Å². The number of rotatable bonds is 3. The third kappa shape index (κ3) is 3.75. The van der Waals surface area contributed by atoms with E-state index in [2.05, 4.69) is 15.0 Å². The van der Waals surface area contributed by atoms with Crippen LogP contribution in [0.15, 0.2) is 35.4 Å². The second-order valence-electron chi connectivity index (χ2n) is 5.27. The number of H-pyrrole nitrogens is 1. The molecule has 2 aromatic heterocycles. The van der Waals surface area contributed by atoms with E-state index in [4.69, 9.17) is 11.6 Å². The minimum absolute atomic E-state index is 0.0891. The lowest BCUT2D eigenvalue weighted by atomic mass is 10.2. The predicted molar refractivity (Wildman–Crippen MR) is 89.1 cm³/mol. The zero-order valence-corrected chi connectivity index (χ0v) is 13.6. The summed E-state index contributed by atoms with van der Waals surface area (Å²) >= 11 is 5.88. The highest BCUT2D eigenvalue weighted by atomic mass is 35.5. The molecule has 0 aliphatic carbocycles. The highest BCUT2D eigenvalue weighted by Gasteiger charge is 2.28. The van der Waals surface area contributed by atoms with Gasteiger partial charge >= 0.3 is 6.18 Å². The van der Waals surface area contributed by atoms with Gasteiger partial charge in [-0.15, -0.1) is 0 Å². The number of hydrogen-bond acceptors (Lipinski definition) is 4. The van der Waals surface area contributed by atoms with Gasteiger partial charge in [0.2, 0.25) is 0 Å². The molecule has 0 atom stereocenters. The molecule has 3 rings (SSSR count). The fourth-order valence-electron chi connectivity index (χ4n) is 2.31. The van der Waals surface area contributed by atoms with Crippen molar-refractivity contribution in [3.05, 3.63) is 57.6 Å². The van der Waals surface area contributed by atoms with E-state index in [0.717, 1.165) is 16.8 Å². The van der Waals surface area contributed by atoms with E-state index < -0.39 is 18.3 Å². The molecular formula is C16H9ClF3N5O. The summed E-state index contributed by atoms with van der Waals surface area (Å²) in [5.41, 5.74) is -0.379. The number of aromatic amines is 1. The van der Waals surface area contributed by atoms with Crippen LogP contribution in [-0.4, -0.2) is 25.7 Å². The van der Waals surface area contributed by atoms with Crippen LogP contribution in [-0.2, 0) is 6.54 Å². The van der Waals surface area contributed by atoms with Gasteiger partial charge < -0.3 is 9.55 Å². The number of nitrogens with one attached hydrogen (secondary N) is 1. The lowest BCUT2D eigenvalue weighted by molar-refractivity contribution is -0.140. The highest BCUT2D eigenvalue weighted by molar-refractivity contribution is 6.31. The molecule has 132 valence electrons. The molecule has 0 radical (unpaired) electrons. The van der Waals surface area contributed by atoms with Crippen LogP contribution >= 0.6 is 11.6 Å². The second-order valence-corrected chi connectivity index (χ2v) is 5.71. The molecule has 0 aliphatic rings. The van der Waals surface area contributed by atoms with Crippen LogP contribution in [0.2, 0.25) is 5.02 Å². The number of aromatic nitrogens is 4. The topological polar surface area (TPSA) is 87.4 Å². The van der Waals surface area contributed by atoms with Gasteiger partial charge in [0.25, 0.3) is 5.56 Å². The Morgan fingerprint density at radius 2 is 2.19 bits per heavy atom. The van der Waals surface area contributed by atoms with Crippen molar-refractivity contribution in [2.45, 2.75) is 12.7 Å². The van der Waals surface area contributed by atoms with Crippen molar-refractivity contribution in [1.82, 2.24) is 19.5 Å². The zero-order chi connectivity index (χ0) is 18.9. The Kier molecular flexibility index (Phi) is 4.52. The van der Waals surface area contributed by atoms with Crippen LogP contribution in [0.3, 0.4) is 0 Å². The Morgan fingerprint density at radius 1 is 1.42 bits per heavy atom. The summed E-state index contributed by atoms with van der Waals surface area (Å²) in [6.07, 6.45) is -0.990. The van der Waals surface area contributed by atoms with Crippen molar-refractivity contribution in [1.29, 1.82) is 5.26 Å². The molecule has 26 heavy (non-hydrogen) atoms. The van der Waals surface area contributed by atoms with Gasteiger partial charge in [-0.3, -0.25) is 4.79 Å². The third-order valence-electron chi connectivity index (χ3n) is 3.41. The molecule has 0 fully saturated rings. The van der Waals surface area contributed by atoms with E-state index >= 15 is 0 Å². The van der Waals surface area contributed by atoms with Gasteiger partial charge in [-0.2, -0.15) is 18.4 Å². The molecular weight excluding hydrogens is 371 g/mol. The molecule has 6 nitrogen and oxygen atoms in total. The van der Waals surface area contributed by atoms with Crippen molar-refractivity contribution in [2.75, 3.05) is 0 Å². The number of alkyl halides is 3. The van der Waals surface area contributed by atoms with E-state index in [-0.39, 0.29) is 28.1 Å². The average Bonchev–Trinajstić information content (AvgIpc) is 2.96. The first-order chi connectivity index (χ1) is 12.3. The average molecular weight is 380 g/mol. The number of imidazole rings is 1. The largest absolute Gasteiger partial charge is 0.406 e. The summed E-state index contributed by atoms with van der Waals surface area (Å²) in [5, 5.41) is 9.98. The smallest absolute Gasteiger partial charge is 0.322 e. The van der Waals surface area contributed by atoms with E-state index in [1.54, 1.807) is 0 Å². The maximum atomic E-state index is 12.6. The van der Waals surface area contributed by atoms with Gasteiger partial charge in [0, 0.05) is 23.5 Å². The van der Waals surface area contributed by atoms with Gasteiger partial charge in [-0.1, -0.05) is 11.6 Å². The summed E-state index contributed by atoms with van der Waals surface area (Å²) in [5.74, 6) is -0.179. The molecule has 0 amide bonds. The number of benzene rings is 1. The molecule has 2 heterocycles. The van der Waals surface area contributed by atoms with Crippen LogP contribution in [0.1, 0.15) is 11.6 Å². The summed E-state index contributed by atoms with van der Waals surface area (Å²) < 4.78 is 38.6. The fraction of sp³-hybridized carbons (Fsp3) is 0.125. The fourth-order valence-corrected chi connectivity index (χ4v) is 2.48. The third-order valence-corrected chi connectivity index (χ3v) is 3.65. The Hall–Kier alpha value is -3.12. The van der Waals surface area contributed by atoms with Crippen LogP contribution in [0.4, 0.5) is 13.2 Å². The first-order valence-electron chi connectivity index (χ1n) is 7.16. The molecule has 0 unspecified atom stereocenters. The van der Waals surface area contributed by atoms with E-state index in [9.17, 15) is 23.2 Å². The summed E-state index contributed by atoms with van der Waals surface area (Å²) in [6, 6.07) is 6.28. The number of hydrogen-bond donors (Lipinski definition) is 1. The van der Waals surface area contributed by atoms with Crippen LogP contribution in [0.25, 0.3) is 22.6 Å². The summed E-state index contributed by atoms with van der Waals surface area (Å²) in [4.78, 5) is 22.6. The van der Waals surface area contributed by atoms with Crippen LogP contribution < -0.4 is 5.56 Å². The minimum atomic E-state index is -4.44. The molecule has 0 saturated heterocycles. The van der Waals surface area contributed by atoms with E-state index in [0.29, 0.717) is 5.02 Å². The molecule has 0 spiro atoms. The van der Waals surface area contributed by atoms with E-state index in [1.807, 2.05) is 6.07 Å². The number of nitrogens with zero attached hydrogens (tertiary/aromatic N) is 4. The Balaban J connectivity index is 2.09. The second kappa shape index (κ2) is 6.65. The number of allylic oxidation sites excluding steroid dienone is 1. The first-order valence-corrected chi connectivity index (χ1v) is 7.54. The molecule has 1 N–H and O–H groups in total. The molecule has 10 heteroatoms. The summed E-state index contributed by atoms with van der Waals surface area (Å²) in [7, 11) is 0. The molecule has 0 bridgehead atoms. The van der Waals surface area contributed by atoms with Gasteiger partial charge in [0.15, 0.2) is 5.82 Å². The highest BCUT2D eigenvalue weighted by Crippen LogP contribution is 2.21. The van der Waals surface area contributed by atoms with Crippen molar-refractivity contribution < 1.29 is 13.2 Å². The van der Waals surface area contributed by atoms with E-state index in [1.165, 1.54) is 24.4 Å². The molecule has 0 saturated carbocycles. The van der Waals surface area contributed by atoms with Gasteiger partial charge in [0.05, 0.1) is 16.5 Å². The zero-order valence-electron chi connectivity index (χ0n) is 12.9. The normalized spacial score (nSPS) is 12.3. The van der Waals surface area contributed by atoms with Gasteiger partial charge in [0.1, 0.15) is 18.4 Å². The lowest BCUT2D eigenvalue weighted by Gasteiger charge is -2.09. The number of nitriles is 1. The number of halogens is 4. The van der Waals surface area contributed by atoms with Crippen LogP contribution in [0.5, 0.6) is 0 Å². The first kappa shape index (κ1) is 17.7. The Morgan fingerprint density at radius 3 is 2.88 bits per heavy atom. The minimum Gasteiger partial charge on any atom is -0.322 e. The maximum Gasteiger partial charge on any atom is 0.406 e. The molecule has 1 aromatic carbocycles. The standard InChI is InChI=1S/C16H9ClF3N5O/c17-10-1-2-11-12(6-10)23-14(24-15(11)26)9(7-21)5-13-22-3-4-25(13)8-16(18,19)20/h1-6H,8H2,(H,23,24,26)/b9-5-. The predicted octanol–water partition coefficient (Wildman–Crippen LogP) is 3.40. The van der Waals surface area contributed by atoms with Crippen molar-refractivity contribution in [3.8, 4) is 6.07 Å². The number of fused-ring (bicyclic) bond motifs is 1. The molecule has 0 aliphatic heterocycles. The molecule has 3 aromatic rings. The Bertz CT molecular complexity index is 1110. The lowest BCUT2D eigenvalue weighted by Crippen LogP contribution is -2.18. The quantitative estimate of drug-likeness (QED) is 0.706. The van der Waals surface area contributed by atoms with Gasteiger partial charge in [-0.25, -0.2) is 9.97 Å². The van der Waals surface area contributed by atoms with Crippen molar-refractivity contribution >= 4 is 34.2 Å². The SMILES string of the molecule is N#C/C(=C/c1nccn1CC(F)(F)F)c1nc2cc(Cl)ccc2c(=O)[nH]1. The maximum absolute atomic E-state index is 12.6. The van der Waals surface area contributed by atoms with Crippen molar-refractivity contribution in [3.63, 3.8) is 0 Å². The van der Waals surface area contributed by atoms with Crippen molar-refractivity contribution in [2.24, 2.45) is 0 Å². The monoisotopic (exact) mass is 379 g/mol. The summed E-state index contributed by atoms with van der Waals surface area (Å²) in [6.45, 7) is -1.26.